The Labute approximate surface area is 158 Å². The van der Waals surface area contributed by atoms with E-state index in [1.54, 1.807) is 0 Å². The summed E-state index contributed by atoms with van der Waals surface area (Å²) < 4.78 is 6.89. The van der Waals surface area contributed by atoms with Gasteiger partial charge in [-0.15, -0.1) is 0 Å². The highest BCUT2D eigenvalue weighted by molar-refractivity contribution is 9.10. The first-order valence-electron chi connectivity index (χ1n) is 8.56. The lowest BCUT2D eigenvalue weighted by atomic mass is 10.1. The van der Waals surface area contributed by atoms with Crippen LogP contribution in [-0.2, 0) is 19.3 Å². The standard InChI is InChI=1S/C22H22BrNO/c1-17-2-4-19(5-3-17)12-13-25-22-10-8-18(9-11-22)6-7-20-14-21(23)16-24-15-20/h2-5,8-11,14-16H,6-7,12-13H2,1H3. The molecule has 0 N–H and O–H groups in total. The maximum absolute atomic E-state index is 5.86. The van der Waals surface area contributed by atoms with Crippen molar-refractivity contribution in [1.82, 2.24) is 4.98 Å². The molecule has 0 aliphatic rings. The predicted octanol–water partition coefficient (Wildman–Crippen LogP) is 5.56. The first-order valence-corrected chi connectivity index (χ1v) is 9.35. The molecule has 1 heterocycles. The lowest BCUT2D eigenvalue weighted by Gasteiger charge is -2.08. The van der Waals surface area contributed by atoms with Crippen LogP contribution in [0.4, 0.5) is 0 Å². The smallest absolute Gasteiger partial charge is 0.119 e. The molecule has 0 fully saturated rings. The number of nitrogens with zero attached hydrogens (tertiary/aromatic N) is 1. The Balaban J connectivity index is 1.46. The van der Waals surface area contributed by atoms with Crippen molar-refractivity contribution in [2.24, 2.45) is 0 Å². The van der Waals surface area contributed by atoms with Crippen molar-refractivity contribution in [3.63, 3.8) is 0 Å². The molecule has 0 radical (unpaired) electrons. The molecule has 0 atom stereocenters. The van der Waals surface area contributed by atoms with Crippen LogP contribution in [0.15, 0.2) is 71.5 Å². The third kappa shape index (κ3) is 5.71. The summed E-state index contributed by atoms with van der Waals surface area (Å²) >= 11 is 3.46. The van der Waals surface area contributed by atoms with E-state index in [1.165, 1.54) is 22.3 Å². The summed E-state index contributed by atoms with van der Waals surface area (Å²) in [4.78, 5) is 4.21. The van der Waals surface area contributed by atoms with E-state index in [-0.39, 0.29) is 0 Å². The molecule has 0 unspecified atom stereocenters. The van der Waals surface area contributed by atoms with Gasteiger partial charge in [-0.3, -0.25) is 4.98 Å². The average molecular weight is 396 g/mol. The minimum atomic E-state index is 0.701. The molecule has 25 heavy (non-hydrogen) atoms. The van der Waals surface area contributed by atoms with E-state index in [0.717, 1.165) is 29.5 Å². The van der Waals surface area contributed by atoms with Crippen LogP contribution in [0.3, 0.4) is 0 Å². The van der Waals surface area contributed by atoms with Crippen molar-refractivity contribution < 1.29 is 4.74 Å². The third-order valence-corrected chi connectivity index (χ3v) is 4.60. The number of hydrogen-bond donors (Lipinski definition) is 0. The van der Waals surface area contributed by atoms with Crippen LogP contribution in [0.5, 0.6) is 5.75 Å². The van der Waals surface area contributed by atoms with Crippen LogP contribution in [0.2, 0.25) is 0 Å². The highest BCUT2D eigenvalue weighted by Crippen LogP contribution is 2.16. The number of ether oxygens (including phenoxy) is 1. The van der Waals surface area contributed by atoms with Gasteiger partial charge in [-0.05, 0) is 70.6 Å². The Hall–Kier alpha value is -2.13. The molecule has 2 nitrogen and oxygen atoms in total. The maximum Gasteiger partial charge on any atom is 0.119 e. The summed E-state index contributed by atoms with van der Waals surface area (Å²) in [7, 11) is 0. The fraction of sp³-hybridized carbons (Fsp3) is 0.227. The largest absolute Gasteiger partial charge is 0.493 e. The van der Waals surface area contributed by atoms with Crippen molar-refractivity contribution >= 4 is 15.9 Å². The molecule has 1 aromatic heterocycles. The SMILES string of the molecule is Cc1ccc(CCOc2ccc(CCc3cncc(Br)c3)cc2)cc1. The number of rotatable bonds is 7. The van der Waals surface area contributed by atoms with Crippen molar-refractivity contribution in [2.45, 2.75) is 26.2 Å². The molecule has 2 aromatic carbocycles. The summed E-state index contributed by atoms with van der Waals surface area (Å²) in [6.45, 7) is 2.81. The van der Waals surface area contributed by atoms with E-state index in [1.807, 2.05) is 12.4 Å². The van der Waals surface area contributed by atoms with Gasteiger partial charge in [-0.25, -0.2) is 0 Å². The van der Waals surface area contributed by atoms with Crippen molar-refractivity contribution in [1.29, 1.82) is 0 Å². The summed E-state index contributed by atoms with van der Waals surface area (Å²) in [5.74, 6) is 0.931. The molecule has 0 saturated carbocycles. The monoisotopic (exact) mass is 395 g/mol. The second-order valence-corrected chi connectivity index (χ2v) is 7.16. The number of pyridine rings is 1. The predicted molar refractivity (Wildman–Crippen MR) is 106 cm³/mol. The molecule has 0 bridgehead atoms. The minimum absolute atomic E-state index is 0.701. The van der Waals surface area contributed by atoms with Gasteiger partial charge in [0.2, 0.25) is 0 Å². The van der Waals surface area contributed by atoms with E-state index in [4.69, 9.17) is 4.74 Å². The van der Waals surface area contributed by atoms with Gasteiger partial charge in [0.15, 0.2) is 0 Å². The number of aromatic nitrogens is 1. The van der Waals surface area contributed by atoms with Gasteiger partial charge in [0.05, 0.1) is 6.61 Å². The second-order valence-electron chi connectivity index (χ2n) is 6.24. The van der Waals surface area contributed by atoms with E-state index in [0.29, 0.717) is 6.61 Å². The molecular weight excluding hydrogens is 374 g/mol. The van der Waals surface area contributed by atoms with Crippen molar-refractivity contribution in [3.8, 4) is 5.75 Å². The Morgan fingerprint density at radius 3 is 2.16 bits per heavy atom. The van der Waals surface area contributed by atoms with Crippen LogP contribution in [0.1, 0.15) is 22.3 Å². The zero-order chi connectivity index (χ0) is 17.5. The van der Waals surface area contributed by atoms with E-state index >= 15 is 0 Å². The Kier molecular flexibility index (Phi) is 6.24. The van der Waals surface area contributed by atoms with Crippen LogP contribution >= 0.6 is 15.9 Å². The molecule has 3 aromatic rings. The number of hydrogen-bond acceptors (Lipinski definition) is 2. The fourth-order valence-electron chi connectivity index (χ4n) is 2.68. The zero-order valence-corrected chi connectivity index (χ0v) is 16.0. The summed E-state index contributed by atoms with van der Waals surface area (Å²) in [5, 5.41) is 0. The third-order valence-electron chi connectivity index (χ3n) is 4.17. The number of benzene rings is 2. The Morgan fingerprint density at radius 1 is 0.800 bits per heavy atom. The van der Waals surface area contributed by atoms with Crippen LogP contribution in [0, 0.1) is 6.92 Å². The first-order chi connectivity index (χ1) is 12.2. The van der Waals surface area contributed by atoms with E-state index in [2.05, 4.69) is 82.4 Å². The zero-order valence-electron chi connectivity index (χ0n) is 14.4. The molecule has 0 spiro atoms. The van der Waals surface area contributed by atoms with Crippen LogP contribution in [-0.4, -0.2) is 11.6 Å². The highest BCUT2D eigenvalue weighted by atomic mass is 79.9. The highest BCUT2D eigenvalue weighted by Gasteiger charge is 2.00. The van der Waals surface area contributed by atoms with E-state index < -0.39 is 0 Å². The lowest BCUT2D eigenvalue weighted by Crippen LogP contribution is -2.01. The lowest BCUT2D eigenvalue weighted by molar-refractivity contribution is 0.322. The molecule has 3 heteroatoms. The molecule has 0 aliphatic carbocycles. The number of halogens is 1. The molecule has 0 amide bonds. The normalized spacial score (nSPS) is 10.6. The second kappa shape index (κ2) is 8.82. The topological polar surface area (TPSA) is 22.1 Å². The quantitative estimate of drug-likeness (QED) is 0.522. The van der Waals surface area contributed by atoms with Gasteiger partial charge >= 0.3 is 0 Å². The van der Waals surface area contributed by atoms with Crippen molar-refractivity contribution in [2.75, 3.05) is 6.61 Å². The van der Waals surface area contributed by atoms with E-state index in [9.17, 15) is 0 Å². The van der Waals surface area contributed by atoms with Gasteiger partial charge in [-0.1, -0.05) is 42.0 Å². The van der Waals surface area contributed by atoms with Gasteiger partial charge in [-0.2, -0.15) is 0 Å². The van der Waals surface area contributed by atoms with Crippen LogP contribution in [0.25, 0.3) is 0 Å². The van der Waals surface area contributed by atoms with Crippen molar-refractivity contribution in [3.05, 3.63) is 93.7 Å². The van der Waals surface area contributed by atoms with Gasteiger partial charge in [0.1, 0.15) is 5.75 Å². The molecule has 0 aliphatic heterocycles. The Morgan fingerprint density at radius 2 is 1.44 bits per heavy atom. The fourth-order valence-corrected chi connectivity index (χ4v) is 3.09. The van der Waals surface area contributed by atoms with Gasteiger partial charge in [0, 0.05) is 23.3 Å². The van der Waals surface area contributed by atoms with Gasteiger partial charge < -0.3 is 4.74 Å². The summed E-state index contributed by atoms with van der Waals surface area (Å²) in [6.07, 6.45) is 6.65. The molecule has 128 valence electrons. The Bertz CT molecular complexity index is 797. The van der Waals surface area contributed by atoms with Crippen LogP contribution < -0.4 is 4.74 Å². The maximum atomic E-state index is 5.86. The first kappa shape index (κ1) is 17.7. The molecular formula is C22H22BrNO. The summed E-state index contributed by atoms with van der Waals surface area (Å²) in [5.41, 5.74) is 5.16. The van der Waals surface area contributed by atoms with Gasteiger partial charge in [0.25, 0.3) is 0 Å². The molecule has 3 rings (SSSR count). The summed E-state index contributed by atoms with van der Waals surface area (Å²) in [6, 6.07) is 19.1. The number of aryl methyl sites for hydroxylation is 3. The minimum Gasteiger partial charge on any atom is -0.493 e. The average Bonchev–Trinajstić information content (AvgIpc) is 2.63. The molecule has 0 saturated heterocycles.